The van der Waals surface area contributed by atoms with Crippen molar-refractivity contribution in [3.63, 3.8) is 0 Å². The van der Waals surface area contributed by atoms with Crippen molar-refractivity contribution in [3.8, 4) is 28.3 Å². The molecule has 0 N–H and O–H groups in total. The molecule has 1 aliphatic carbocycles. The van der Waals surface area contributed by atoms with E-state index in [-0.39, 0.29) is 12.4 Å². The lowest BCUT2D eigenvalue weighted by atomic mass is 9.77. The highest BCUT2D eigenvalue weighted by Crippen LogP contribution is 2.41. The number of tetrazole rings is 1. The van der Waals surface area contributed by atoms with E-state index in [0.717, 1.165) is 63.4 Å². The number of aryl methyl sites for hydroxylation is 1. The number of rotatable bonds is 9. The van der Waals surface area contributed by atoms with Gasteiger partial charge in [-0.1, -0.05) is 133 Å². The van der Waals surface area contributed by atoms with Crippen LogP contribution in [0.4, 0.5) is 13.2 Å². The molecule has 0 aliphatic heterocycles. The number of halogens is 3. The zero-order chi connectivity index (χ0) is 35.5. The molecule has 2 heterocycles. The molecule has 0 unspecified atom stereocenters. The Kier molecular flexibility index (Phi) is 8.85. The van der Waals surface area contributed by atoms with E-state index < -0.39 is 17.4 Å². The fourth-order valence-electron chi connectivity index (χ4n) is 7.19. The predicted molar refractivity (Wildman–Crippen MR) is 194 cm³/mol. The molecule has 5 aromatic carbocycles. The van der Waals surface area contributed by atoms with Crippen molar-refractivity contribution in [2.24, 2.45) is 0 Å². The lowest BCUT2D eigenvalue weighted by molar-refractivity contribution is -0.141. The van der Waals surface area contributed by atoms with Crippen molar-refractivity contribution in [2.75, 3.05) is 0 Å². The summed E-state index contributed by atoms with van der Waals surface area (Å²) >= 11 is 0. The summed E-state index contributed by atoms with van der Waals surface area (Å²) in [7, 11) is 0. The average Bonchev–Trinajstić information content (AvgIpc) is 3.69. The van der Waals surface area contributed by atoms with E-state index in [1.54, 1.807) is 4.80 Å². The van der Waals surface area contributed by atoms with Crippen molar-refractivity contribution in [1.82, 2.24) is 25.2 Å². The maximum Gasteiger partial charge on any atom is 0.433 e. The first-order valence-electron chi connectivity index (χ1n) is 17.3. The van der Waals surface area contributed by atoms with Crippen molar-refractivity contribution < 1.29 is 17.9 Å². The van der Waals surface area contributed by atoms with Gasteiger partial charge in [-0.2, -0.15) is 13.2 Å². The van der Waals surface area contributed by atoms with E-state index in [1.165, 1.54) is 0 Å². The van der Waals surface area contributed by atoms with Crippen LogP contribution in [0, 0.1) is 0 Å². The zero-order valence-electron chi connectivity index (χ0n) is 28.2. The Balaban J connectivity index is 1.25. The second-order valence-corrected chi connectivity index (χ2v) is 12.9. The van der Waals surface area contributed by atoms with Gasteiger partial charge in [-0.25, -0.2) is 4.98 Å². The summed E-state index contributed by atoms with van der Waals surface area (Å²) in [4.78, 5) is 5.64. The van der Waals surface area contributed by atoms with E-state index in [2.05, 4.69) is 41.4 Å². The number of ether oxygens (including phenoxy) is 1. The van der Waals surface area contributed by atoms with Crippen LogP contribution >= 0.6 is 0 Å². The van der Waals surface area contributed by atoms with Gasteiger partial charge in [0.25, 0.3) is 0 Å². The number of benzene rings is 5. The fourth-order valence-corrected chi connectivity index (χ4v) is 7.19. The predicted octanol–water partition coefficient (Wildman–Crippen LogP) is 9.72. The first-order valence-corrected chi connectivity index (χ1v) is 17.3. The minimum atomic E-state index is -4.57. The Hall–Kier alpha value is -6.09. The molecule has 0 fully saturated rings. The monoisotopic (exact) mass is 693 g/mol. The standard InChI is InChI=1S/C43H34F3N5O/c44-43(45,46)40-28-39(36-23-13-14-24-38(36)47-40)52-29-30-25-26-35(31-15-5-1-6-16-31)37(27-30)41-48-50-51(49-41)42(32-17-7-2-8-18-32,33-19-9-3-10-20-33)34-21-11-4-12-22-34/h1-12,15-22,25-28H,13-14,23-24,29H2. The highest BCUT2D eigenvalue weighted by molar-refractivity contribution is 5.81. The Morgan fingerprint density at radius 3 is 1.81 bits per heavy atom. The summed E-state index contributed by atoms with van der Waals surface area (Å²) in [5, 5.41) is 14.6. The van der Waals surface area contributed by atoms with Crippen LogP contribution in [-0.4, -0.2) is 25.2 Å². The molecule has 0 saturated heterocycles. The number of pyridine rings is 1. The van der Waals surface area contributed by atoms with Crippen LogP contribution in [0.5, 0.6) is 5.75 Å². The Morgan fingerprint density at radius 1 is 0.635 bits per heavy atom. The molecule has 1 aliphatic rings. The van der Waals surface area contributed by atoms with Gasteiger partial charge in [-0.3, -0.25) is 0 Å². The molecular formula is C43H34F3N5O. The summed E-state index contributed by atoms with van der Waals surface area (Å²) in [6.45, 7) is 0.0476. The summed E-state index contributed by atoms with van der Waals surface area (Å²) in [6.07, 6.45) is -1.75. The quantitative estimate of drug-likeness (QED) is 0.141. The first-order chi connectivity index (χ1) is 25.4. The number of aromatic nitrogens is 5. The van der Waals surface area contributed by atoms with Crippen LogP contribution in [-0.2, 0) is 31.2 Å². The third kappa shape index (κ3) is 6.23. The van der Waals surface area contributed by atoms with Gasteiger partial charge in [0.1, 0.15) is 18.1 Å². The van der Waals surface area contributed by atoms with Crippen molar-refractivity contribution in [3.05, 3.63) is 185 Å². The minimum absolute atomic E-state index is 0.0476. The number of nitrogens with zero attached hydrogens (tertiary/aromatic N) is 5. The second-order valence-electron chi connectivity index (χ2n) is 12.9. The summed E-state index contributed by atoms with van der Waals surface area (Å²) < 4.78 is 47.6. The molecule has 0 atom stereocenters. The lowest BCUT2D eigenvalue weighted by Gasteiger charge is -2.34. The molecule has 0 radical (unpaired) electrons. The van der Waals surface area contributed by atoms with Gasteiger partial charge in [0, 0.05) is 22.9 Å². The Bertz CT molecular complexity index is 2200. The second kappa shape index (κ2) is 13.9. The van der Waals surface area contributed by atoms with E-state index in [4.69, 9.17) is 20.1 Å². The molecule has 258 valence electrons. The van der Waals surface area contributed by atoms with E-state index >= 15 is 0 Å². The molecule has 0 amide bonds. The minimum Gasteiger partial charge on any atom is -0.488 e. The molecule has 0 saturated carbocycles. The summed E-state index contributed by atoms with van der Waals surface area (Å²) in [5.41, 5.74) is 5.52. The number of hydrogen-bond donors (Lipinski definition) is 0. The molecule has 6 nitrogen and oxygen atoms in total. The van der Waals surface area contributed by atoms with Crippen LogP contribution in [0.3, 0.4) is 0 Å². The van der Waals surface area contributed by atoms with Crippen LogP contribution in [0.25, 0.3) is 22.5 Å². The van der Waals surface area contributed by atoms with Gasteiger partial charge in [0.15, 0.2) is 5.54 Å². The number of hydrogen-bond acceptors (Lipinski definition) is 5. The highest BCUT2D eigenvalue weighted by atomic mass is 19.4. The van der Waals surface area contributed by atoms with Crippen molar-refractivity contribution >= 4 is 0 Å². The van der Waals surface area contributed by atoms with E-state index in [0.29, 0.717) is 24.4 Å². The van der Waals surface area contributed by atoms with Crippen LogP contribution < -0.4 is 4.74 Å². The zero-order valence-corrected chi connectivity index (χ0v) is 28.2. The van der Waals surface area contributed by atoms with Crippen LogP contribution in [0.2, 0.25) is 0 Å². The fraction of sp³-hybridized carbons (Fsp3) is 0.163. The van der Waals surface area contributed by atoms with Crippen molar-refractivity contribution in [2.45, 2.75) is 44.0 Å². The Labute approximate surface area is 299 Å². The smallest absolute Gasteiger partial charge is 0.433 e. The topological polar surface area (TPSA) is 65.7 Å². The third-order valence-corrected chi connectivity index (χ3v) is 9.64. The molecule has 9 heteroatoms. The molecule has 0 bridgehead atoms. The largest absolute Gasteiger partial charge is 0.488 e. The summed E-state index contributed by atoms with van der Waals surface area (Å²) in [5.74, 6) is 0.627. The molecular weight excluding hydrogens is 660 g/mol. The maximum atomic E-state index is 13.8. The van der Waals surface area contributed by atoms with Gasteiger partial charge in [0.2, 0.25) is 5.82 Å². The average molecular weight is 694 g/mol. The highest BCUT2D eigenvalue weighted by Gasteiger charge is 2.41. The molecule has 8 rings (SSSR count). The normalized spacial score (nSPS) is 13.1. The maximum absolute atomic E-state index is 13.8. The molecule has 2 aromatic heterocycles. The van der Waals surface area contributed by atoms with Crippen LogP contribution in [0.15, 0.2) is 146 Å². The van der Waals surface area contributed by atoms with Gasteiger partial charge >= 0.3 is 6.18 Å². The Morgan fingerprint density at radius 2 is 1.21 bits per heavy atom. The third-order valence-electron chi connectivity index (χ3n) is 9.64. The van der Waals surface area contributed by atoms with Crippen molar-refractivity contribution in [1.29, 1.82) is 0 Å². The van der Waals surface area contributed by atoms with E-state index in [9.17, 15) is 13.2 Å². The lowest BCUT2D eigenvalue weighted by Crippen LogP contribution is -2.39. The van der Waals surface area contributed by atoms with E-state index in [1.807, 2.05) is 103 Å². The van der Waals surface area contributed by atoms with Gasteiger partial charge in [-0.15, -0.1) is 15.0 Å². The molecule has 7 aromatic rings. The molecule has 52 heavy (non-hydrogen) atoms. The molecule has 0 spiro atoms. The SMILES string of the molecule is FC(F)(F)c1cc(OCc2ccc(-c3ccccc3)c(-c3nnn(C(c4ccccc4)(c4ccccc4)c4ccccc4)n3)c2)c2c(n1)CCCC2. The van der Waals surface area contributed by atoms with Gasteiger partial charge in [-0.05, 0) is 70.3 Å². The number of alkyl halides is 3. The van der Waals surface area contributed by atoms with Crippen LogP contribution in [0.1, 0.15) is 52.0 Å². The van der Waals surface area contributed by atoms with Gasteiger partial charge in [0.05, 0.1) is 0 Å². The first kappa shape index (κ1) is 33.1. The number of fused-ring (bicyclic) bond motifs is 1. The van der Waals surface area contributed by atoms with Gasteiger partial charge < -0.3 is 4.74 Å². The summed E-state index contributed by atoms with van der Waals surface area (Å²) in [6, 6.07) is 47.2.